The van der Waals surface area contributed by atoms with Crippen molar-refractivity contribution in [3.8, 4) is 0 Å². The third-order valence-corrected chi connectivity index (χ3v) is 4.71. The number of hydrogen-bond donors (Lipinski definition) is 1. The predicted octanol–water partition coefficient (Wildman–Crippen LogP) is 4.29. The molecule has 0 aliphatic carbocycles. The minimum absolute atomic E-state index is 0.0388. The Morgan fingerprint density at radius 3 is 2.43 bits per heavy atom. The van der Waals surface area contributed by atoms with Gasteiger partial charge in [0, 0.05) is 37.1 Å². The monoisotopic (exact) mass is 290 g/mol. The third kappa shape index (κ3) is 4.13. The zero-order valence-electron chi connectivity index (χ0n) is 14.0. The van der Waals surface area contributed by atoms with Crippen LogP contribution in [0.3, 0.4) is 0 Å². The Kier molecular flexibility index (Phi) is 5.51. The lowest BCUT2D eigenvalue weighted by Gasteiger charge is -2.38. The zero-order valence-corrected chi connectivity index (χ0v) is 14.0. The number of nitrogens with zero attached hydrogens (tertiary/aromatic N) is 1. The second-order valence-electron chi connectivity index (χ2n) is 6.21. The first kappa shape index (κ1) is 16.2. The molecule has 1 aliphatic rings. The Labute approximate surface area is 129 Å². The molecule has 1 aliphatic heterocycles. The van der Waals surface area contributed by atoms with Crippen molar-refractivity contribution < 1.29 is 4.74 Å². The molecule has 21 heavy (non-hydrogen) atoms. The minimum atomic E-state index is 0.0388. The summed E-state index contributed by atoms with van der Waals surface area (Å²) in [4.78, 5) is 2.37. The highest BCUT2D eigenvalue weighted by molar-refractivity contribution is 5.55. The van der Waals surface area contributed by atoms with Gasteiger partial charge in [0.05, 0.1) is 5.60 Å². The van der Waals surface area contributed by atoms with Crippen molar-refractivity contribution in [2.75, 3.05) is 29.9 Å². The van der Waals surface area contributed by atoms with Crippen molar-refractivity contribution >= 4 is 11.4 Å². The lowest BCUT2D eigenvalue weighted by molar-refractivity contribution is -0.0708. The van der Waals surface area contributed by atoms with Gasteiger partial charge in [-0.25, -0.2) is 0 Å². The van der Waals surface area contributed by atoms with Gasteiger partial charge in [0.15, 0.2) is 0 Å². The predicted molar refractivity (Wildman–Crippen MR) is 91.3 cm³/mol. The van der Waals surface area contributed by atoms with Gasteiger partial charge in [0.2, 0.25) is 0 Å². The van der Waals surface area contributed by atoms with Gasteiger partial charge in [0.25, 0.3) is 0 Å². The molecule has 1 fully saturated rings. The average Bonchev–Trinajstić information content (AvgIpc) is 2.50. The molecule has 1 aromatic carbocycles. The minimum Gasteiger partial charge on any atom is -0.382 e. The highest BCUT2D eigenvalue weighted by atomic mass is 16.5. The Hall–Kier alpha value is -1.22. The first-order valence-corrected chi connectivity index (χ1v) is 8.35. The molecule has 0 bridgehead atoms. The van der Waals surface area contributed by atoms with E-state index in [2.05, 4.69) is 62.2 Å². The molecule has 0 amide bonds. The Morgan fingerprint density at radius 1 is 1.19 bits per heavy atom. The molecule has 3 heteroatoms. The molecule has 0 spiro atoms. The maximum absolute atomic E-state index is 5.92. The maximum atomic E-state index is 5.92. The van der Waals surface area contributed by atoms with E-state index in [1.807, 2.05) is 0 Å². The van der Waals surface area contributed by atoms with Crippen LogP contribution < -0.4 is 10.2 Å². The van der Waals surface area contributed by atoms with E-state index in [4.69, 9.17) is 4.74 Å². The lowest BCUT2D eigenvalue weighted by Crippen LogP contribution is -2.41. The number of ether oxygens (including phenoxy) is 1. The summed E-state index contributed by atoms with van der Waals surface area (Å²) < 4.78 is 5.92. The number of rotatable bonds is 6. The van der Waals surface area contributed by atoms with Crippen molar-refractivity contribution in [3.05, 3.63) is 24.3 Å². The number of nitrogens with one attached hydrogen (secondary N) is 1. The van der Waals surface area contributed by atoms with Crippen LogP contribution in [0.1, 0.15) is 47.0 Å². The van der Waals surface area contributed by atoms with Crippen LogP contribution in [0.15, 0.2) is 24.3 Å². The second-order valence-corrected chi connectivity index (χ2v) is 6.21. The second kappa shape index (κ2) is 7.17. The molecular formula is C18H30N2O. The number of benzene rings is 1. The summed E-state index contributed by atoms with van der Waals surface area (Å²) in [5, 5.41) is 3.67. The van der Waals surface area contributed by atoms with Crippen LogP contribution in [-0.4, -0.2) is 31.3 Å². The molecule has 2 unspecified atom stereocenters. The van der Waals surface area contributed by atoms with Crippen LogP contribution in [0.25, 0.3) is 0 Å². The van der Waals surface area contributed by atoms with Crippen LogP contribution >= 0.6 is 0 Å². The third-order valence-electron chi connectivity index (χ3n) is 4.71. The van der Waals surface area contributed by atoms with Gasteiger partial charge >= 0.3 is 0 Å². The summed E-state index contributed by atoms with van der Waals surface area (Å²) in [5.41, 5.74) is 2.56. The van der Waals surface area contributed by atoms with E-state index in [1.54, 1.807) is 0 Å². The van der Waals surface area contributed by atoms with Crippen LogP contribution in [0.2, 0.25) is 0 Å². The van der Waals surface area contributed by atoms with Gasteiger partial charge in [-0.05, 0) is 64.3 Å². The van der Waals surface area contributed by atoms with E-state index in [0.717, 1.165) is 39.0 Å². The van der Waals surface area contributed by atoms with Crippen LogP contribution in [0.5, 0.6) is 0 Å². The van der Waals surface area contributed by atoms with Crippen molar-refractivity contribution in [1.82, 2.24) is 0 Å². The van der Waals surface area contributed by atoms with Gasteiger partial charge in [-0.3, -0.25) is 0 Å². The van der Waals surface area contributed by atoms with E-state index in [-0.39, 0.29) is 5.60 Å². The van der Waals surface area contributed by atoms with Crippen LogP contribution in [0, 0.1) is 0 Å². The molecule has 1 saturated heterocycles. The first-order valence-electron chi connectivity index (χ1n) is 8.35. The first-order chi connectivity index (χ1) is 10.1. The quantitative estimate of drug-likeness (QED) is 0.845. The van der Waals surface area contributed by atoms with E-state index in [0.29, 0.717) is 6.04 Å². The van der Waals surface area contributed by atoms with Gasteiger partial charge < -0.3 is 15.0 Å². The molecule has 1 N–H and O–H groups in total. The molecule has 0 saturated carbocycles. The largest absolute Gasteiger partial charge is 0.382 e. The lowest BCUT2D eigenvalue weighted by atomic mass is 9.90. The average molecular weight is 290 g/mol. The fraction of sp³-hybridized carbons (Fsp3) is 0.667. The zero-order chi connectivity index (χ0) is 15.3. The maximum Gasteiger partial charge on any atom is 0.0671 e. The number of anilines is 2. The summed E-state index contributed by atoms with van der Waals surface area (Å²) in [6, 6.07) is 9.35. The van der Waals surface area contributed by atoms with Crippen molar-refractivity contribution in [2.45, 2.75) is 58.6 Å². The Morgan fingerprint density at radius 2 is 1.86 bits per heavy atom. The van der Waals surface area contributed by atoms with Gasteiger partial charge in [-0.1, -0.05) is 6.92 Å². The molecule has 2 rings (SSSR count). The van der Waals surface area contributed by atoms with E-state index in [1.165, 1.54) is 11.4 Å². The van der Waals surface area contributed by atoms with Gasteiger partial charge in [-0.2, -0.15) is 0 Å². The summed E-state index contributed by atoms with van der Waals surface area (Å²) in [6.45, 7) is 11.8. The van der Waals surface area contributed by atoms with Crippen LogP contribution in [0.4, 0.5) is 11.4 Å². The van der Waals surface area contributed by atoms with Crippen molar-refractivity contribution in [1.29, 1.82) is 0 Å². The SMILES string of the molecule is CCN(CC)c1ccc(NC2CCOC(C)(CC)C2)cc1. The normalized spacial score (nSPS) is 25.6. The van der Waals surface area contributed by atoms with E-state index < -0.39 is 0 Å². The highest BCUT2D eigenvalue weighted by Crippen LogP contribution is 2.29. The topological polar surface area (TPSA) is 24.5 Å². The van der Waals surface area contributed by atoms with Crippen molar-refractivity contribution in [3.63, 3.8) is 0 Å². The molecule has 118 valence electrons. The smallest absolute Gasteiger partial charge is 0.0671 e. The van der Waals surface area contributed by atoms with E-state index in [9.17, 15) is 0 Å². The summed E-state index contributed by atoms with van der Waals surface area (Å²) in [6.07, 6.45) is 3.25. The molecule has 0 radical (unpaired) electrons. The molecule has 2 atom stereocenters. The molecular weight excluding hydrogens is 260 g/mol. The standard InChI is InChI=1S/C18H30N2O/c1-5-18(4)14-16(12-13-21-18)19-15-8-10-17(11-9-15)20(6-2)7-3/h8-11,16,19H,5-7,12-14H2,1-4H3. The van der Waals surface area contributed by atoms with Gasteiger partial charge in [-0.15, -0.1) is 0 Å². The molecule has 0 aromatic heterocycles. The summed E-state index contributed by atoms with van der Waals surface area (Å²) in [5.74, 6) is 0. The molecule has 1 aromatic rings. The fourth-order valence-electron chi connectivity index (χ4n) is 3.09. The fourth-order valence-corrected chi connectivity index (χ4v) is 3.09. The molecule has 3 nitrogen and oxygen atoms in total. The highest BCUT2D eigenvalue weighted by Gasteiger charge is 2.31. The van der Waals surface area contributed by atoms with Crippen molar-refractivity contribution in [2.24, 2.45) is 0 Å². The summed E-state index contributed by atoms with van der Waals surface area (Å²) >= 11 is 0. The van der Waals surface area contributed by atoms with E-state index >= 15 is 0 Å². The number of hydrogen-bond acceptors (Lipinski definition) is 3. The summed E-state index contributed by atoms with van der Waals surface area (Å²) in [7, 11) is 0. The molecule has 1 heterocycles. The van der Waals surface area contributed by atoms with Crippen LogP contribution in [-0.2, 0) is 4.74 Å². The van der Waals surface area contributed by atoms with Gasteiger partial charge in [0.1, 0.15) is 0 Å². The Balaban J connectivity index is 1.97. The Bertz CT molecular complexity index is 427.